The lowest BCUT2D eigenvalue weighted by molar-refractivity contribution is -0.141. The zero-order chi connectivity index (χ0) is 31.5. The fraction of sp³-hybridized carbons (Fsp3) is 0.412. The van der Waals surface area contributed by atoms with Crippen LogP contribution in [0.1, 0.15) is 56.1 Å². The number of sulfonamides is 1. The third kappa shape index (κ3) is 9.29. The van der Waals surface area contributed by atoms with Crippen LogP contribution in [0.25, 0.3) is 0 Å². The number of nitrogens with zero attached hydrogens (tertiary/aromatic N) is 2. The molecule has 0 spiro atoms. The van der Waals surface area contributed by atoms with E-state index in [1.165, 1.54) is 23.5 Å². The van der Waals surface area contributed by atoms with Gasteiger partial charge >= 0.3 is 0 Å². The van der Waals surface area contributed by atoms with Crippen molar-refractivity contribution >= 4 is 27.5 Å². The van der Waals surface area contributed by atoms with Crippen molar-refractivity contribution in [2.24, 2.45) is 0 Å². The van der Waals surface area contributed by atoms with Crippen molar-refractivity contribution in [2.75, 3.05) is 24.2 Å². The fourth-order valence-electron chi connectivity index (χ4n) is 5.70. The Morgan fingerprint density at radius 2 is 1.59 bits per heavy atom. The lowest BCUT2D eigenvalue weighted by atomic mass is 9.94. The van der Waals surface area contributed by atoms with E-state index in [-0.39, 0.29) is 49.6 Å². The van der Waals surface area contributed by atoms with Gasteiger partial charge in [0.25, 0.3) is 0 Å². The summed E-state index contributed by atoms with van der Waals surface area (Å²) in [4.78, 5) is 29.5. The van der Waals surface area contributed by atoms with Crippen molar-refractivity contribution < 1.29 is 27.1 Å². The number of anilines is 1. The van der Waals surface area contributed by atoms with Gasteiger partial charge in [-0.25, -0.2) is 12.8 Å². The van der Waals surface area contributed by atoms with Crippen LogP contribution in [0.5, 0.6) is 5.75 Å². The molecule has 3 aromatic carbocycles. The van der Waals surface area contributed by atoms with E-state index in [0.717, 1.165) is 43.9 Å². The molecule has 0 bridgehead atoms. The molecule has 8 nitrogen and oxygen atoms in total. The molecule has 1 saturated carbocycles. The highest BCUT2D eigenvalue weighted by atomic mass is 32.2. The van der Waals surface area contributed by atoms with Gasteiger partial charge in [0, 0.05) is 32.0 Å². The summed E-state index contributed by atoms with van der Waals surface area (Å²) < 4.78 is 45.9. The first kappa shape index (κ1) is 33.0. The lowest BCUT2D eigenvalue weighted by Crippen LogP contribution is -2.52. The SMILES string of the molecule is COc1ccccc1N(CCCC(=O)N(Cc1ccc(F)cc1)[C@@H](Cc1ccccc1)C(=O)NC1CCCCC1)S(C)(=O)=O. The van der Waals surface area contributed by atoms with E-state index in [2.05, 4.69) is 5.32 Å². The second-order valence-corrected chi connectivity index (χ2v) is 13.2. The minimum absolute atomic E-state index is 0.00433. The van der Waals surface area contributed by atoms with Crippen LogP contribution in [-0.4, -0.2) is 57.1 Å². The van der Waals surface area contributed by atoms with Gasteiger partial charge in [-0.2, -0.15) is 0 Å². The number of carbonyl (C=O) groups excluding carboxylic acids is 2. The molecule has 10 heteroatoms. The number of benzene rings is 3. The molecule has 1 aliphatic rings. The van der Waals surface area contributed by atoms with Crippen LogP contribution >= 0.6 is 0 Å². The maximum Gasteiger partial charge on any atom is 0.243 e. The van der Waals surface area contributed by atoms with E-state index in [4.69, 9.17) is 4.74 Å². The van der Waals surface area contributed by atoms with E-state index in [0.29, 0.717) is 23.4 Å². The van der Waals surface area contributed by atoms with Crippen molar-refractivity contribution in [3.8, 4) is 5.75 Å². The Hall–Kier alpha value is -3.92. The Morgan fingerprint density at radius 1 is 0.932 bits per heavy atom. The molecule has 0 saturated heterocycles. The topological polar surface area (TPSA) is 96.0 Å². The number of methoxy groups -OCH3 is 1. The average molecular weight is 624 g/mol. The second-order valence-electron chi connectivity index (χ2n) is 11.3. The van der Waals surface area contributed by atoms with E-state index in [1.807, 2.05) is 30.3 Å². The predicted octanol–water partition coefficient (Wildman–Crippen LogP) is 5.47. The van der Waals surface area contributed by atoms with Gasteiger partial charge in [0.1, 0.15) is 17.6 Å². The number of hydrogen-bond donors (Lipinski definition) is 1. The summed E-state index contributed by atoms with van der Waals surface area (Å²) in [5.41, 5.74) is 1.99. The summed E-state index contributed by atoms with van der Waals surface area (Å²) in [6.07, 6.45) is 6.70. The monoisotopic (exact) mass is 623 g/mol. The molecule has 2 amide bonds. The minimum Gasteiger partial charge on any atom is -0.495 e. The van der Waals surface area contributed by atoms with Gasteiger partial charge in [0.2, 0.25) is 21.8 Å². The number of hydrogen-bond acceptors (Lipinski definition) is 5. The first-order valence-corrected chi connectivity index (χ1v) is 17.0. The van der Waals surface area contributed by atoms with Gasteiger partial charge in [-0.1, -0.05) is 73.9 Å². The predicted molar refractivity (Wildman–Crippen MR) is 170 cm³/mol. The van der Waals surface area contributed by atoms with Crippen LogP contribution in [0, 0.1) is 5.82 Å². The summed E-state index contributed by atoms with van der Waals surface area (Å²) >= 11 is 0. The molecule has 0 heterocycles. The summed E-state index contributed by atoms with van der Waals surface area (Å²) in [5, 5.41) is 3.20. The summed E-state index contributed by atoms with van der Waals surface area (Å²) in [5.74, 6) is -0.491. The standard InChI is InChI=1S/C34H42FN3O5S/c1-43-32-17-10-9-16-30(32)38(44(2,41)42)23-11-18-33(39)37(25-27-19-21-28(35)22-20-27)31(24-26-12-5-3-6-13-26)34(40)36-29-14-7-4-8-15-29/h3,5-6,9-10,12-13,16-17,19-22,29,31H,4,7-8,11,14-15,18,23-25H2,1-2H3,(H,36,40)/t31-/m0/s1. The number of para-hydroxylation sites is 2. The summed E-state index contributed by atoms with van der Waals surface area (Å²) in [6.45, 7) is 0.157. The van der Waals surface area contributed by atoms with Crippen molar-refractivity contribution in [3.05, 3.63) is 95.8 Å². The molecule has 44 heavy (non-hydrogen) atoms. The Kier molecular flexibility index (Phi) is 11.8. The van der Waals surface area contributed by atoms with Gasteiger partial charge < -0.3 is 15.0 Å². The normalized spacial score (nSPS) is 14.4. The summed E-state index contributed by atoms with van der Waals surface area (Å²) in [6, 6.07) is 21.5. The highest BCUT2D eigenvalue weighted by molar-refractivity contribution is 7.92. The Bertz CT molecular complexity index is 1480. The van der Waals surface area contributed by atoms with Crippen LogP contribution in [0.4, 0.5) is 10.1 Å². The van der Waals surface area contributed by atoms with Gasteiger partial charge in [-0.15, -0.1) is 0 Å². The van der Waals surface area contributed by atoms with Crippen molar-refractivity contribution in [1.82, 2.24) is 10.2 Å². The molecule has 1 N–H and O–H groups in total. The van der Waals surface area contributed by atoms with Crippen molar-refractivity contribution in [1.29, 1.82) is 0 Å². The molecule has 0 unspecified atom stereocenters. The molecule has 1 fully saturated rings. The average Bonchev–Trinajstić information content (AvgIpc) is 3.02. The van der Waals surface area contributed by atoms with Crippen LogP contribution in [-0.2, 0) is 32.6 Å². The molecule has 0 aliphatic heterocycles. The maximum absolute atomic E-state index is 14.0. The number of nitrogens with one attached hydrogen (secondary N) is 1. The third-order valence-electron chi connectivity index (χ3n) is 7.99. The molecular formula is C34H42FN3O5S. The van der Waals surface area contributed by atoms with Crippen LogP contribution < -0.4 is 14.4 Å². The highest BCUT2D eigenvalue weighted by Gasteiger charge is 2.32. The second kappa shape index (κ2) is 15.7. The van der Waals surface area contributed by atoms with E-state index >= 15 is 0 Å². The number of carbonyl (C=O) groups is 2. The van der Waals surface area contributed by atoms with Crippen LogP contribution in [0.15, 0.2) is 78.9 Å². The number of ether oxygens (including phenoxy) is 1. The molecule has 0 radical (unpaired) electrons. The van der Waals surface area contributed by atoms with Crippen molar-refractivity contribution in [2.45, 2.75) is 70.0 Å². The van der Waals surface area contributed by atoms with Crippen LogP contribution in [0.3, 0.4) is 0 Å². The first-order valence-electron chi connectivity index (χ1n) is 15.1. The quantitative estimate of drug-likeness (QED) is 0.257. The third-order valence-corrected chi connectivity index (χ3v) is 9.17. The van der Waals surface area contributed by atoms with Gasteiger partial charge in [-0.05, 0) is 54.7 Å². The maximum atomic E-state index is 14.0. The largest absolute Gasteiger partial charge is 0.495 e. The Morgan fingerprint density at radius 3 is 2.25 bits per heavy atom. The molecule has 3 aromatic rings. The Labute approximate surface area is 260 Å². The lowest BCUT2D eigenvalue weighted by Gasteiger charge is -2.34. The van der Waals surface area contributed by atoms with Crippen LogP contribution in [0.2, 0.25) is 0 Å². The molecule has 0 aromatic heterocycles. The fourth-order valence-corrected chi connectivity index (χ4v) is 6.67. The number of amides is 2. The molecule has 236 valence electrons. The van der Waals surface area contributed by atoms with E-state index in [1.54, 1.807) is 41.3 Å². The molecule has 1 atom stereocenters. The zero-order valence-electron chi connectivity index (χ0n) is 25.5. The zero-order valence-corrected chi connectivity index (χ0v) is 26.3. The molecule has 4 rings (SSSR count). The summed E-state index contributed by atoms with van der Waals surface area (Å²) in [7, 11) is -2.21. The van der Waals surface area contributed by atoms with Gasteiger partial charge in [0.05, 0.1) is 19.1 Å². The smallest absolute Gasteiger partial charge is 0.243 e. The first-order chi connectivity index (χ1) is 21.2. The Balaban J connectivity index is 1.59. The highest BCUT2D eigenvalue weighted by Crippen LogP contribution is 2.30. The van der Waals surface area contributed by atoms with Gasteiger partial charge in [0.15, 0.2) is 0 Å². The van der Waals surface area contributed by atoms with Crippen molar-refractivity contribution in [3.63, 3.8) is 0 Å². The molecular weight excluding hydrogens is 581 g/mol. The van der Waals surface area contributed by atoms with Gasteiger partial charge in [-0.3, -0.25) is 13.9 Å². The van der Waals surface area contributed by atoms with E-state index < -0.39 is 16.1 Å². The van der Waals surface area contributed by atoms with E-state index in [9.17, 15) is 22.4 Å². The number of halogens is 1. The number of rotatable bonds is 14. The minimum atomic E-state index is -3.68. The molecule has 1 aliphatic carbocycles.